The highest BCUT2D eigenvalue weighted by molar-refractivity contribution is 7.87. The Hall–Kier alpha value is -1.24. The summed E-state index contributed by atoms with van der Waals surface area (Å²) in [5.41, 5.74) is 0. The standard InChI is InChI=1S/C16H32O8S2.C16H32O2/c17-16(18)15(26(22,23)24)13-11-9-7-5-3-1-2-4-6-8-10-12-14-25(19,20)21;1-2-3-4-5-6-7-8-9-10-11-12-13-14-15-16(17)18/h15H,1-14H2,(H,17,18)(H,19,20,21)(H,22,23,24);2-15H2,1H3,(H,17,18). The highest BCUT2D eigenvalue weighted by Gasteiger charge is 2.29. The molecule has 0 aromatic carbocycles. The minimum Gasteiger partial charge on any atom is -0.481 e. The normalized spacial score (nSPS) is 12.4. The van der Waals surface area contributed by atoms with Crippen LogP contribution in [0.1, 0.15) is 180 Å². The zero-order chi connectivity index (χ0) is 33.5. The molecule has 0 saturated heterocycles. The van der Waals surface area contributed by atoms with Gasteiger partial charge in [-0.1, -0.05) is 155 Å². The molecule has 1 unspecified atom stereocenters. The van der Waals surface area contributed by atoms with E-state index in [2.05, 4.69) is 6.92 Å². The van der Waals surface area contributed by atoms with Crippen molar-refractivity contribution in [2.45, 2.75) is 186 Å². The monoisotopic (exact) mass is 672 g/mol. The predicted molar refractivity (Wildman–Crippen MR) is 177 cm³/mol. The smallest absolute Gasteiger partial charge is 0.324 e. The summed E-state index contributed by atoms with van der Waals surface area (Å²) in [6.45, 7) is 2.26. The SMILES string of the molecule is CCCCCCCCCCCCCCCC(=O)O.O=C(O)C(CCCCCCCCCCCCCCS(=O)(=O)O)S(=O)(=O)O. The van der Waals surface area contributed by atoms with Crippen LogP contribution in [0.2, 0.25) is 0 Å². The van der Waals surface area contributed by atoms with Crippen LogP contribution in [0.25, 0.3) is 0 Å². The van der Waals surface area contributed by atoms with Crippen LogP contribution < -0.4 is 0 Å². The highest BCUT2D eigenvalue weighted by atomic mass is 32.2. The average molecular weight is 673 g/mol. The average Bonchev–Trinajstić information content (AvgIpc) is 2.92. The summed E-state index contributed by atoms with van der Waals surface area (Å²) in [5, 5.41) is 15.5. The summed E-state index contributed by atoms with van der Waals surface area (Å²) in [6, 6.07) is 0. The Morgan fingerprint density at radius 2 is 0.818 bits per heavy atom. The molecule has 44 heavy (non-hydrogen) atoms. The number of hydrogen-bond acceptors (Lipinski definition) is 6. The van der Waals surface area contributed by atoms with Gasteiger partial charge < -0.3 is 10.2 Å². The number of carbonyl (C=O) groups is 2. The molecular formula is C32H64O10S2. The van der Waals surface area contributed by atoms with Crippen molar-refractivity contribution in [2.24, 2.45) is 0 Å². The van der Waals surface area contributed by atoms with Crippen molar-refractivity contribution < 1.29 is 45.7 Å². The van der Waals surface area contributed by atoms with E-state index in [-0.39, 0.29) is 12.2 Å². The van der Waals surface area contributed by atoms with Crippen molar-refractivity contribution in [3.8, 4) is 0 Å². The molecule has 0 aliphatic heterocycles. The van der Waals surface area contributed by atoms with Crippen molar-refractivity contribution >= 4 is 32.2 Å². The maximum Gasteiger partial charge on any atom is 0.324 e. The van der Waals surface area contributed by atoms with Crippen LogP contribution in [0.4, 0.5) is 0 Å². The van der Waals surface area contributed by atoms with Gasteiger partial charge in [0, 0.05) is 6.42 Å². The molecule has 4 N–H and O–H groups in total. The molecule has 264 valence electrons. The zero-order valence-electron chi connectivity index (χ0n) is 27.4. The largest absolute Gasteiger partial charge is 0.481 e. The Labute approximate surface area is 268 Å². The lowest BCUT2D eigenvalue weighted by Gasteiger charge is -2.08. The Balaban J connectivity index is 0. The Morgan fingerprint density at radius 1 is 0.500 bits per heavy atom. The first-order valence-electron chi connectivity index (χ1n) is 17.2. The summed E-state index contributed by atoms with van der Waals surface area (Å²) < 4.78 is 60.3. The third-order valence-electron chi connectivity index (χ3n) is 7.75. The fourth-order valence-corrected chi connectivity index (χ4v) is 6.36. The maximum absolute atomic E-state index is 10.9. The zero-order valence-corrected chi connectivity index (χ0v) is 29.1. The molecule has 1 atom stereocenters. The van der Waals surface area contributed by atoms with E-state index in [1.165, 1.54) is 70.6 Å². The van der Waals surface area contributed by atoms with Crippen molar-refractivity contribution in [3.63, 3.8) is 0 Å². The van der Waals surface area contributed by atoms with Crippen LogP contribution in [-0.4, -0.2) is 59.1 Å². The van der Waals surface area contributed by atoms with Crippen LogP contribution in [0.15, 0.2) is 0 Å². The van der Waals surface area contributed by atoms with E-state index in [1.54, 1.807) is 0 Å². The van der Waals surface area contributed by atoms with Crippen LogP contribution in [0, 0.1) is 0 Å². The number of carboxylic acid groups (broad SMARTS) is 2. The fourth-order valence-electron chi connectivity index (χ4n) is 5.08. The van der Waals surface area contributed by atoms with Crippen molar-refractivity contribution in [1.82, 2.24) is 0 Å². The van der Waals surface area contributed by atoms with Crippen molar-refractivity contribution in [1.29, 1.82) is 0 Å². The number of rotatable bonds is 31. The molecule has 0 aliphatic rings. The molecule has 10 nitrogen and oxygen atoms in total. The third kappa shape index (κ3) is 36.9. The lowest BCUT2D eigenvalue weighted by atomic mass is 10.0. The summed E-state index contributed by atoms with van der Waals surface area (Å²) in [4.78, 5) is 21.1. The van der Waals surface area contributed by atoms with Gasteiger partial charge in [-0.2, -0.15) is 16.8 Å². The van der Waals surface area contributed by atoms with Gasteiger partial charge in [0.25, 0.3) is 20.2 Å². The van der Waals surface area contributed by atoms with E-state index in [4.69, 9.17) is 19.3 Å². The summed E-state index contributed by atoms with van der Waals surface area (Å²) >= 11 is 0. The molecule has 12 heteroatoms. The Morgan fingerprint density at radius 3 is 1.11 bits per heavy atom. The minimum absolute atomic E-state index is 0.0637. The summed E-state index contributed by atoms with van der Waals surface area (Å²) in [7, 11) is -8.36. The van der Waals surface area contributed by atoms with Gasteiger partial charge in [-0.25, -0.2) is 0 Å². The van der Waals surface area contributed by atoms with Crippen LogP contribution >= 0.6 is 0 Å². The number of carboxylic acids is 2. The van der Waals surface area contributed by atoms with E-state index in [0.29, 0.717) is 19.3 Å². The molecule has 0 aromatic heterocycles. The Bertz CT molecular complexity index is 889. The van der Waals surface area contributed by atoms with E-state index >= 15 is 0 Å². The van der Waals surface area contributed by atoms with E-state index < -0.39 is 37.4 Å². The number of unbranched alkanes of at least 4 members (excludes halogenated alkanes) is 23. The second-order valence-corrected chi connectivity index (χ2v) is 15.2. The summed E-state index contributed by atoms with van der Waals surface area (Å²) in [6.07, 6.45) is 28.0. The number of aliphatic carboxylic acids is 2. The molecule has 0 amide bonds. The molecule has 0 radical (unpaired) electrons. The quantitative estimate of drug-likeness (QED) is 0.0410. The molecule has 0 fully saturated rings. The molecule has 0 aliphatic carbocycles. The first-order valence-corrected chi connectivity index (χ1v) is 20.3. The lowest BCUT2D eigenvalue weighted by Crippen LogP contribution is -2.29. The molecule has 0 spiro atoms. The first kappa shape index (κ1) is 44.9. The third-order valence-corrected chi connectivity index (χ3v) is 9.71. The first-order chi connectivity index (χ1) is 20.8. The molecular weight excluding hydrogens is 608 g/mol. The lowest BCUT2D eigenvalue weighted by molar-refractivity contribution is -0.138. The highest BCUT2D eigenvalue weighted by Crippen LogP contribution is 2.16. The molecule has 0 saturated carbocycles. The minimum atomic E-state index is -4.53. The van der Waals surface area contributed by atoms with E-state index in [0.717, 1.165) is 77.0 Å². The summed E-state index contributed by atoms with van der Waals surface area (Å²) in [5.74, 6) is -2.33. The van der Waals surface area contributed by atoms with E-state index in [1.807, 2.05) is 0 Å². The Kier molecular flexibility index (Phi) is 31.0. The van der Waals surface area contributed by atoms with Crippen LogP contribution in [0.3, 0.4) is 0 Å². The predicted octanol–water partition coefficient (Wildman–Crippen LogP) is 8.84. The molecule has 0 heterocycles. The van der Waals surface area contributed by atoms with Gasteiger partial charge in [0.05, 0.1) is 5.75 Å². The number of hydrogen-bond donors (Lipinski definition) is 4. The maximum atomic E-state index is 10.9. The topological polar surface area (TPSA) is 183 Å². The second kappa shape index (κ2) is 30.4. The van der Waals surface area contributed by atoms with E-state index in [9.17, 15) is 26.4 Å². The van der Waals surface area contributed by atoms with Gasteiger partial charge in [-0.05, 0) is 19.3 Å². The molecule has 0 rings (SSSR count). The van der Waals surface area contributed by atoms with Gasteiger partial charge in [-0.15, -0.1) is 0 Å². The van der Waals surface area contributed by atoms with Gasteiger partial charge in [0.2, 0.25) is 0 Å². The second-order valence-electron chi connectivity index (χ2n) is 12.0. The van der Waals surface area contributed by atoms with Crippen LogP contribution in [0.5, 0.6) is 0 Å². The van der Waals surface area contributed by atoms with Gasteiger partial charge in [0.15, 0.2) is 5.25 Å². The van der Waals surface area contributed by atoms with Crippen molar-refractivity contribution in [2.75, 3.05) is 5.75 Å². The molecule has 0 aromatic rings. The van der Waals surface area contributed by atoms with Gasteiger partial charge in [0.1, 0.15) is 0 Å². The van der Waals surface area contributed by atoms with Crippen molar-refractivity contribution in [3.05, 3.63) is 0 Å². The van der Waals surface area contributed by atoms with Crippen LogP contribution in [-0.2, 0) is 29.8 Å². The molecule has 0 bridgehead atoms. The van der Waals surface area contributed by atoms with Gasteiger partial charge >= 0.3 is 11.9 Å². The van der Waals surface area contributed by atoms with Gasteiger partial charge in [-0.3, -0.25) is 18.7 Å². The fraction of sp³-hybridized carbons (Fsp3) is 0.938.